The van der Waals surface area contributed by atoms with Crippen LogP contribution in [0.2, 0.25) is 4.34 Å². The molecular weight excluding hydrogens is 166 g/mol. The summed E-state index contributed by atoms with van der Waals surface area (Å²) in [7, 11) is 0. The monoisotopic (exact) mass is 173 g/mol. The van der Waals surface area contributed by atoms with Crippen LogP contribution in [0.3, 0.4) is 0 Å². The van der Waals surface area contributed by atoms with E-state index in [9.17, 15) is 0 Å². The van der Waals surface area contributed by atoms with E-state index in [-0.39, 0.29) is 0 Å². The topological polar surface area (TPSA) is 12.9 Å². The van der Waals surface area contributed by atoms with Crippen molar-refractivity contribution in [3.05, 3.63) is 15.5 Å². The minimum Gasteiger partial charge on any atom is -0.248 e. The van der Waals surface area contributed by atoms with Gasteiger partial charge in [0.15, 0.2) is 0 Å². The van der Waals surface area contributed by atoms with E-state index < -0.39 is 0 Å². The van der Waals surface area contributed by atoms with E-state index in [2.05, 4.69) is 4.98 Å². The predicted molar refractivity (Wildman–Crippen MR) is 43.7 cm³/mol. The third kappa shape index (κ3) is 1.06. The van der Waals surface area contributed by atoms with Gasteiger partial charge >= 0.3 is 0 Å². The van der Waals surface area contributed by atoms with Gasteiger partial charge in [0.2, 0.25) is 0 Å². The molecule has 3 heteroatoms. The predicted octanol–water partition coefficient (Wildman–Crippen LogP) is 3.06. The van der Waals surface area contributed by atoms with Crippen molar-refractivity contribution < 1.29 is 0 Å². The summed E-state index contributed by atoms with van der Waals surface area (Å²) in [6.07, 6.45) is 5.73. The average Bonchev–Trinajstić information content (AvgIpc) is 2.10. The minimum absolute atomic E-state index is 0.734. The molecule has 0 radical (unpaired) electrons. The Hall–Kier alpha value is -0.0800. The van der Waals surface area contributed by atoms with Gasteiger partial charge in [-0.2, -0.15) is 0 Å². The Morgan fingerprint density at radius 1 is 1.60 bits per heavy atom. The first-order valence-electron chi connectivity index (χ1n) is 3.47. The summed E-state index contributed by atoms with van der Waals surface area (Å²) in [4.78, 5) is 4.22. The standard InChI is InChI=1S/C7H8ClNS/c8-6-4-9-7(10-6)5-2-1-3-5/h4-5H,1-3H2. The third-order valence-electron chi connectivity index (χ3n) is 1.95. The summed E-state index contributed by atoms with van der Waals surface area (Å²) in [5, 5.41) is 1.23. The van der Waals surface area contributed by atoms with Crippen LogP contribution in [-0.2, 0) is 0 Å². The second kappa shape index (κ2) is 2.51. The lowest BCUT2D eigenvalue weighted by Gasteiger charge is -2.22. The largest absolute Gasteiger partial charge is 0.248 e. The number of rotatable bonds is 1. The van der Waals surface area contributed by atoms with Gasteiger partial charge in [-0.1, -0.05) is 18.0 Å². The summed E-state index contributed by atoms with van der Waals surface area (Å²) >= 11 is 7.37. The van der Waals surface area contributed by atoms with E-state index in [1.807, 2.05) is 0 Å². The number of hydrogen-bond acceptors (Lipinski definition) is 2. The fourth-order valence-electron chi connectivity index (χ4n) is 1.11. The molecule has 1 aromatic heterocycles. The first-order chi connectivity index (χ1) is 4.86. The van der Waals surface area contributed by atoms with Crippen molar-refractivity contribution in [3.63, 3.8) is 0 Å². The van der Waals surface area contributed by atoms with Crippen molar-refractivity contribution >= 4 is 22.9 Å². The molecular formula is C7H8ClNS. The third-order valence-corrected chi connectivity index (χ3v) is 3.23. The molecule has 1 aliphatic rings. The van der Waals surface area contributed by atoms with Crippen LogP contribution in [0, 0.1) is 0 Å². The molecule has 0 unspecified atom stereocenters. The van der Waals surface area contributed by atoms with Gasteiger partial charge in [-0.25, -0.2) is 4.98 Å². The van der Waals surface area contributed by atoms with Crippen molar-refractivity contribution in [2.24, 2.45) is 0 Å². The molecule has 0 aliphatic heterocycles. The van der Waals surface area contributed by atoms with Crippen LogP contribution >= 0.6 is 22.9 Å². The van der Waals surface area contributed by atoms with Gasteiger partial charge in [0.25, 0.3) is 0 Å². The molecule has 1 fully saturated rings. The van der Waals surface area contributed by atoms with E-state index in [0.29, 0.717) is 0 Å². The SMILES string of the molecule is Clc1cnc(C2CCC2)s1. The Bertz CT molecular complexity index is 229. The number of nitrogens with zero attached hydrogens (tertiary/aromatic N) is 1. The maximum Gasteiger partial charge on any atom is 0.113 e. The van der Waals surface area contributed by atoms with Gasteiger partial charge in [0.1, 0.15) is 4.34 Å². The van der Waals surface area contributed by atoms with Gasteiger partial charge in [0.05, 0.1) is 11.2 Å². The Labute approximate surface area is 69.0 Å². The van der Waals surface area contributed by atoms with Gasteiger partial charge in [-0.3, -0.25) is 0 Å². The minimum atomic E-state index is 0.734. The number of aromatic nitrogens is 1. The maximum atomic E-state index is 5.74. The van der Waals surface area contributed by atoms with Crippen molar-refractivity contribution in [3.8, 4) is 0 Å². The second-order valence-corrected chi connectivity index (χ2v) is 4.32. The highest BCUT2D eigenvalue weighted by Crippen LogP contribution is 2.38. The molecule has 0 aromatic carbocycles. The molecule has 1 heterocycles. The molecule has 0 atom stereocenters. The smallest absolute Gasteiger partial charge is 0.113 e. The summed E-state index contributed by atoms with van der Waals surface area (Å²) in [6.45, 7) is 0. The van der Waals surface area contributed by atoms with Crippen LogP contribution in [0.15, 0.2) is 6.20 Å². The number of thiazole rings is 1. The van der Waals surface area contributed by atoms with Crippen LogP contribution in [0.5, 0.6) is 0 Å². The van der Waals surface area contributed by atoms with Gasteiger partial charge < -0.3 is 0 Å². The zero-order valence-corrected chi connectivity index (χ0v) is 7.08. The van der Waals surface area contributed by atoms with E-state index in [1.165, 1.54) is 24.3 Å². The lowest BCUT2D eigenvalue weighted by Crippen LogP contribution is -2.07. The normalized spacial score (nSPS) is 18.9. The highest BCUT2D eigenvalue weighted by atomic mass is 35.5. The molecule has 1 saturated carbocycles. The second-order valence-electron chi connectivity index (χ2n) is 2.63. The lowest BCUT2D eigenvalue weighted by atomic mass is 9.86. The van der Waals surface area contributed by atoms with Crippen LogP contribution in [0.25, 0.3) is 0 Å². The van der Waals surface area contributed by atoms with E-state index >= 15 is 0 Å². The summed E-state index contributed by atoms with van der Waals surface area (Å²) in [5.74, 6) is 0.734. The number of hydrogen-bond donors (Lipinski definition) is 0. The van der Waals surface area contributed by atoms with Crippen LogP contribution in [0.4, 0.5) is 0 Å². The van der Waals surface area contributed by atoms with Crippen molar-refractivity contribution in [2.75, 3.05) is 0 Å². The Balaban J connectivity index is 2.17. The highest BCUT2D eigenvalue weighted by molar-refractivity contribution is 7.15. The van der Waals surface area contributed by atoms with Crippen LogP contribution < -0.4 is 0 Å². The van der Waals surface area contributed by atoms with Crippen molar-refractivity contribution in [2.45, 2.75) is 25.2 Å². The number of halogens is 1. The maximum absolute atomic E-state index is 5.74. The van der Waals surface area contributed by atoms with Gasteiger partial charge in [-0.05, 0) is 12.8 Å². The molecule has 0 N–H and O–H groups in total. The Morgan fingerprint density at radius 2 is 2.40 bits per heavy atom. The highest BCUT2D eigenvalue weighted by Gasteiger charge is 2.21. The Kier molecular flexibility index (Phi) is 1.66. The molecule has 1 aliphatic carbocycles. The van der Waals surface area contributed by atoms with Crippen LogP contribution in [-0.4, -0.2) is 4.98 Å². The summed E-state index contributed by atoms with van der Waals surface area (Å²) < 4.78 is 0.821. The van der Waals surface area contributed by atoms with E-state index in [0.717, 1.165) is 10.3 Å². The van der Waals surface area contributed by atoms with E-state index in [1.54, 1.807) is 17.5 Å². The molecule has 0 amide bonds. The fraction of sp³-hybridized carbons (Fsp3) is 0.571. The molecule has 54 valence electrons. The average molecular weight is 174 g/mol. The summed E-state index contributed by atoms with van der Waals surface area (Å²) in [5.41, 5.74) is 0. The van der Waals surface area contributed by atoms with Crippen molar-refractivity contribution in [1.82, 2.24) is 4.98 Å². The zero-order chi connectivity index (χ0) is 6.97. The van der Waals surface area contributed by atoms with Crippen molar-refractivity contribution in [1.29, 1.82) is 0 Å². The van der Waals surface area contributed by atoms with Gasteiger partial charge in [0, 0.05) is 5.92 Å². The molecule has 2 rings (SSSR count). The van der Waals surface area contributed by atoms with Crippen LogP contribution in [0.1, 0.15) is 30.2 Å². The lowest BCUT2D eigenvalue weighted by molar-refractivity contribution is 0.418. The molecule has 1 aromatic rings. The fourth-order valence-corrected chi connectivity index (χ4v) is 2.21. The molecule has 0 spiro atoms. The van der Waals surface area contributed by atoms with Gasteiger partial charge in [-0.15, -0.1) is 11.3 Å². The first-order valence-corrected chi connectivity index (χ1v) is 4.67. The molecule has 10 heavy (non-hydrogen) atoms. The zero-order valence-electron chi connectivity index (χ0n) is 5.51. The quantitative estimate of drug-likeness (QED) is 0.636. The first kappa shape index (κ1) is 6.62. The molecule has 0 saturated heterocycles. The summed E-state index contributed by atoms with van der Waals surface area (Å²) in [6, 6.07) is 0. The Morgan fingerprint density at radius 3 is 2.80 bits per heavy atom. The molecule has 0 bridgehead atoms. The molecule has 1 nitrogen and oxygen atoms in total. The van der Waals surface area contributed by atoms with E-state index in [4.69, 9.17) is 11.6 Å².